The molecule has 1 amide bonds. The lowest BCUT2D eigenvalue weighted by Gasteiger charge is -2.10. The predicted octanol–water partition coefficient (Wildman–Crippen LogP) is 6.89. The SMILES string of the molecule is COc1cccc(-c2cc(-c3ccccc3)c3c(N)c(C(=O)Nc4ccc(C(F)(F)F)cn4)sc3n2)c1. The molecule has 0 aliphatic heterocycles. The third-order valence-corrected chi connectivity index (χ3v) is 6.79. The van der Waals surface area contributed by atoms with Crippen molar-refractivity contribution in [2.24, 2.45) is 0 Å². The summed E-state index contributed by atoms with van der Waals surface area (Å²) < 4.78 is 43.9. The summed E-state index contributed by atoms with van der Waals surface area (Å²) in [5.41, 5.74) is 8.97. The van der Waals surface area contributed by atoms with Gasteiger partial charge in [-0.15, -0.1) is 11.3 Å². The zero-order valence-electron chi connectivity index (χ0n) is 19.3. The first kappa shape index (κ1) is 24.3. The average Bonchev–Trinajstić information content (AvgIpc) is 3.25. The van der Waals surface area contributed by atoms with Crippen molar-refractivity contribution in [3.8, 4) is 28.1 Å². The Hall–Kier alpha value is -4.44. The minimum atomic E-state index is -4.52. The number of nitrogens with two attached hydrogens (primary N) is 1. The molecule has 0 aliphatic rings. The summed E-state index contributed by atoms with van der Waals surface area (Å²) in [5, 5.41) is 3.15. The molecule has 3 N–H and O–H groups in total. The van der Waals surface area contributed by atoms with Gasteiger partial charge in [0.25, 0.3) is 5.91 Å². The highest BCUT2D eigenvalue weighted by Crippen LogP contribution is 2.41. The van der Waals surface area contributed by atoms with Crippen LogP contribution in [0, 0.1) is 0 Å². The molecule has 3 aromatic heterocycles. The Morgan fingerprint density at radius 1 is 1.00 bits per heavy atom. The van der Waals surface area contributed by atoms with Crippen molar-refractivity contribution < 1.29 is 22.7 Å². The number of hydrogen-bond donors (Lipinski definition) is 2. The molecule has 0 saturated carbocycles. The number of nitrogens with zero attached hydrogens (tertiary/aromatic N) is 2. The fourth-order valence-corrected chi connectivity index (χ4v) is 4.89. The molecule has 5 aromatic rings. The van der Waals surface area contributed by atoms with Crippen LogP contribution in [0.5, 0.6) is 5.75 Å². The van der Waals surface area contributed by atoms with Crippen molar-refractivity contribution in [3.05, 3.63) is 89.4 Å². The minimum absolute atomic E-state index is 0.0248. The van der Waals surface area contributed by atoms with Gasteiger partial charge in [0.15, 0.2) is 0 Å². The Morgan fingerprint density at radius 3 is 2.43 bits per heavy atom. The quantitative estimate of drug-likeness (QED) is 0.263. The topological polar surface area (TPSA) is 90.1 Å². The monoisotopic (exact) mass is 520 g/mol. The fourth-order valence-electron chi connectivity index (χ4n) is 3.87. The number of thiophene rings is 1. The summed E-state index contributed by atoms with van der Waals surface area (Å²) >= 11 is 1.10. The molecule has 3 heterocycles. The summed E-state index contributed by atoms with van der Waals surface area (Å²) in [6.45, 7) is 0. The third-order valence-electron chi connectivity index (χ3n) is 5.69. The van der Waals surface area contributed by atoms with Gasteiger partial charge < -0.3 is 15.8 Å². The number of methoxy groups -OCH3 is 1. The first-order valence-electron chi connectivity index (χ1n) is 11.0. The minimum Gasteiger partial charge on any atom is -0.497 e. The number of nitrogens with one attached hydrogen (secondary N) is 1. The number of alkyl halides is 3. The van der Waals surface area contributed by atoms with Crippen LogP contribution in [0.25, 0.3) is 32.6 Å². The first-order chi connectivity index (χ1) is 17.7. The third kappa shape index (κ3) is 4.83. The number of benzene rings is 2. The molecule has 0 spiro atoms. The summed E-state index contributed by atoms with van der Waals surface area (Å²) in [4.78, 5) is 22.3. The van der Waals surface area contributed by atoms with E-state index in [1.54, 1.807) is 7.11 Å². The molecular formula is C27H19F3N4O2S. The number of halogens is 3. The molecule has 0 radical (unpaired) electrons. The Bertz CT molecular complexity index is 1600. The van der Waals surface area contributed by atoms with Crippen molar-refractivity contribution in [1.29, 1.82) is 0 Å². The van der Waals surface area contributed by atoms with Gasteiger partial charge in [0.05, 0.1) is 24.1 Å². The highest BCUT2D eigenvalue weighted by Gasteiger charge is 2.31. The summed E-state index contributed by atoms with van der Waals surface area (Å²) in [7, 11) is 1.58. The number of hydrogen-bond acceptors (Lipinski definition) is 6. The van der Waals surface area contributed by atoms with E-state index >= 15 is 0 Å². The maximum Gasteiger partial charge on any atom is 0.417 e. The summed E-state index contributed by atoms with van der Waals surface area (Å²) in [5.74, 6) is 0.0633. The molecule has 6 nitrogen and oxygen atoms in total. The summed E-state index contributed by atoms with van der Waals surface area (Å²) in [6.07, 6.45) is -3.86. The van der Waals surface area contributed by atoms with Crippen LogP contribution in [-0.4, -0.2) is 23.0 Å². The highest BCUT2D eigenvalue weighted by molar-refractivity contribution is 7.21. The number of amides is 1. The second kappa shape index (κ2) is 9.55. The molecule has 186 valence electrons. The normalized spacial score (nSPS) is 11.5. The van der Waals surface area contributed by atoms with Crippen molar-refractivity contribution in [1.82, 2.24) is 9.97 Å². The molecule has 0 atom stereocenters. The lowest BCUT2D eigenvalue weighted by Crippen LogP contribution is -2.14. The van der Waals surface area contributed by atoms with Gasteiger partial charge in [-0.25, -0.2) is 9.97 Å². The van der Waals surface area contributed by atoms with Crippen molar-refractivity contribution in [3.63, 3.8) is 0 Å². The van der Waals surface area contributed by atoms with E-state index < -0.39 is 17.6 Å². The van der Waals surface area contributed by atoms with Crippen molar-refractivity contribution in [2.45, 2.75) is 6.18 Å². The Labute approximate surface area is 213 Å². The number of pyridine rings is 2. The second-order valence-corrected chi connectivity index (χ2v) is 9.06. The van der Waals surface area contributed by atoms with E-state index in [9.17, 15) is 18.0 Å². The molecule has 2 aromatic carbocycles. The molecule has 10 heteroatoms. The highest BCUT2D eigenvalue weighted by atomic mass is 32.1. The van der Waals surface area contributed by atoms with Crippen LogP contribution in [0.1, 0.15) is 15.2 Å². The smallest absolute Gasteiger partial charge is 0.417 e. The van der Waals surface area contributed by atoms with Crippen LogP contribution in [0.15, 0.2) is 79.0 Å². The van der Waals surface area contributed by atoms with Gasteiger partial charge in [-0.2, -0.15) is 13.2 Å². The maximum atomic E-state index is 13.1. The molecular weight excluding hydrogens is 501 g/mol. The van der Waals surface area contributed by atoms with Crippen LogP contribution in [0.2, 0.25) is 0 Å². The van der Waals surface area contributed by atoms with Gasteiger partial charge in [0.2, 0.25) is 0 Å². The van der Waals surface area contributed by atoms with Gasteiger partial charge in [-0.1, -0.05) is 42.5 Å². The number of ether oxygens (including phenoxy) is 1. The van der Waals surface area contributed by atoms with Crippen LogP contribution in [0.4, 0.5) is 24.7 Å². The van der Waals surface area contributed by atoms with E-state index in [0.717, 1.165) is 40.2 Å². The standard InChI is InChI=1S/C27H19F3N4O2S/c1-36-18-9-5-8-16(12-18)20-13-19(15-6-3-2-4-7-15)22-23(31)24(37-26(22)33-20)25(35)34-21-11-10-17(14-32-21)27(28,29)30/h2-14H,31H2,1H3,(H,32,34,35). The number of aromatic nitrogens is 2. The van der Waals surface area contributed by atoms with E-state index in [-0.39, 0.29) is 16.4 Å². The zero-order valence-corrected chi connectivity index (χ0v) is 20.2. The number of carbonyl (C=O) groups is 1. The van der Waals surface area contributed by atoms with E-state index in [4.69, 9.17) is 15.5 Å². The second-order valence-electron chi connectivity index (χ2n) is 8.06. The van der Waals surface area contributed by atoms with Crippen LogP contribution in [-0.2, 0) is 6.18 Å². The molecule has 37 heavy (non-hydrogen) atoms. The summed E-state index contributed by atoms with van der Waals surface area (Å²) in [6, 6.07) is 20.9. The number of anilines is 2. The molecule has 0 unspecified atom stereocenters. The van der Waals surface area contributed by atoms with Gasteiger partial charge in [-0.05, 0) is 41.5 Å². The molecule has 0 aliphatic carbocycles. The number of nitrogen functional groups attached to an aromatic ring is 1. The van der Waals surface area contributed by atoms with E-state index in [2.05, 4.69) is 10.3 Å². The number of carbonyl (C=O) groups excluding carboxylic acids is 1. The molecule has 0 bridgehead atoms. The van der Waals surface area contributed by atoms with Crippen LogP contribution >= 0.6 is 11.3 Å². The Kier molecular flexibility index (Phi) is 6.26. The Morgan fingerprint density at radius 2 is 1.76 bits per heavy atom. The molecule has 0 fully saturated rings. The van der Waals surface area contributed by atoms with E-state index in [1.165, 1.54) is 0 Å². The Balaban J connectivity index is 1.59. The average molecular weight is 521 g/mol. The maximum absolute atomic E-state index is 13.1. The van der Waals surface area contributed by atoms with Gasteiger partial charge >= 0.3 is 6.18 Å². The lowest BCUT2D eigenvalue weighted by atomic mass is 9.99. The van der Waals surface area contributed by atoms with Gasteiger partial charge in [0, 0.05) is 17.1 Å². The fraction of sp³-hybridized carbons (Fsp3) is 0.0741. The number of fused-ring (bicyclic) bond motifs is 1. The number of rotatable bonds is 5. The van der Waals surface area contributed by atoms with E-state index in [0.29, 0.717) is 27.9 Å². The van der Waals surface area contributed by atoms with Crippen molar-refractivity contribution >= 4 is 39.0 Å². The van der Waals surface area contributed by atoms with E-state index in [1.807, 2.05) is 60.7 Å². The first-order valence-corrected chi connectivity index (χ1v) is 11.8. The lowest BCUT2D eigenvalue weighted by molar-refractivity contribution is -0.137. The molecule has 5 rings (SSSR count). The largest absolute Gasteiger partial charge is 0.497 e. The van der Waals surface area contributed by atoms with Crippen molar-refractivity contribution in [2.75, 3.05) is 18.2 Å². The van der Waals surface area contributed by atoms with Gasteiger partial charge in [-0.3, -0.25) is 4.79 Å². The predicted molar refractivity (Wildman–Crippen MR) is 139 cm³/mol. The van der Waals surface area contributed by atoms with Crippen LogP contribution in [0.3, 0.4) is 0 Å². The molecule has 0 saturated heterocycles. The van der Waals surface area contributed by atoms with Crippen LogP contribution < -0.4 is 15.8 Å². The van der Waals surface area contributed by atoms with Gasteiger partial charge in [0.1, 0.15) is 21.3 Å². The zero-order chi connectivity index (χ0) is 26.2.